The molecule has 0 radical (unpaired) electrons. The topological polar surface area (TPSA) is 17.8 Å². The molecule has 2 nitrogen and oxygen atoms in total. The maximum absolute atomic E-state index is 6.28. The van der Waals surface area contributed by atoms with E-state index in [9.17, 15) is 0 Å². The van der Waals surface area contributed by atoms with E-state index in [1.54, 1.807) is 0 Å². The largest absolute Gasteiger partial charge is 0.326 e. The van der Waals surface area contributed by atoms with Crippen molar-refractivity contribution in [3.63, 3.8) is 0 Å². The molecule has 0 bridgehead atoms. The molecule has 0 spiro atoms. The molecule has 1 aromatic heterocycles. The second-order valence-corrected chi connectivity index (χ2v) is 6.74. The first-order chi connectivity index (χ1) is 9.06. The lowest BCUT2D eigenvalue weighted by Gasteiger charge is -2.15. The summed E-state index contributed by atoms with van der Waals surface area (Å²) >= 11 is 12.3. The number of fused-ring (bicyclic) bond motifs is 1. The smallest absolute Gasteiger partial charge is 0.127 e. The van der Waals surface area contributed by atoms with E-state index in [2.05, 4.69) is 16.5 Å². The van der Waals surface area contributed by atoms with E-state index in [-0.39, 0.29) is 5.38 Å². The van der Waals surface area contributed by atoms with Crippen LogP contribution in [0.3, 0.4) is 0 Å². The molecule has 1 heterocycles. The summed E-state index contributed by atoms with van der Waals surface area (Å²) in [5.41, 5.74) is 2.08. The van der Waals surface area contributed by atoms with Gasteiger partial charge in [-0.1, -0.05) is 18.5 Å². The summed E-state index contributed by atoms with van der Waals surface area (Å²) in [6, 6.07) is 5.89. The van der Waals surface area contributed by atoms with E-state index in [0.29, 0.717) is 5.92 Å². The highest BCUT2D eigenvalue weighted by atomic mass is 35.5. The SMILES string of the molecule is CC(Cl)c1nc2cc(Cl)ccc2n1CC(C)C1CC1. The highest BCUT2D eigenvalue weighted by molar-refractivity contribution is 6.31. The fourth-order valence-electron chi connectivity index (χ4n) is 2.72. The van der Waals surface area contributed by atoms with Crippen molar-refractivity contribution in [3.8, 4) is 0 Å². The number of aromatic nitrogens is 2. The first kappa shape index (κ1) is 13.3. The van der Waals surface area contributed by atoms with E-state index in [4.69, 9.17) is 23.2 Å². The number of imidazole rings is 1. The van der Waals surface area contributed by atoms with E-state index in [1.165, 1.54) is 12.8 Å². The van der Waals surface area contributed by atoms with Gasteiger partial charge in [-0.05, 0) is 49.8 Å². The Morgan fingerprint density at radius 3 is 2.74 bits per heavy atom. The number of hydrogen-bond acceptors (Lipinski definition) is 1. The maximum atomic E-state index is 6.28. The minimum absolute atomic E-state index is 0.0856. The van der Waals surface area contributed by atoms with Crippen molar-refractivity contribution >= 4 is 34.2 Å². The number of alkyl halides is 1. The average Bonchev–Trinajstić information content (AvgIpc) is 3.13. The van der Waals surface area contributed by atoms with Gasteiger partial charge in [-0.2, -0.15) is 0 Å². The van der Waals surface area contributed by atoms with Crippen LogP contribution in [-0.2, 0) is 6.54 Å². The van der Waals surface area contributed by atoms with Crippen molar-refractivity contribution in [2.75, 3.05) is 0 Å². The van der Waals surface area contributed by atoms with Crippen molar-refractivity contribution in [1.29, 1.82) is 0 Å². The Morgan fingerprint density at radius 1 is 1.37 bits per heavy atom. The van der Waals surface area contributed by atoms with Gasteiger partial charge in [0.2, 0.25) is 0 Å². The molecule has 1 aliphatic carbocycles. The van der Waals surface area contributed by atoms with Gasteiger partial charge in [-0.3, -0.25) is 0 Å². The van der Waals surface area contributed by atoms with Crippen LogP contribution in [-0.4, -0.2) is 9.55 Å². The minimum atomic E-state index is -0.0856. The van der Waals surface area contributed by atoms with Gasteiger partial charge < -0.3 is 4.57 Å². The zero-order valence-electron chi connectivity index (χ0n) is 11.2. The highest BCUT2D eigenvalue weighted by Crippen LogP contribution is 2.38. The predicted molar refractivity (Wildman–Crippen MR) is 80.9 cm³/mol. The molecular weight excluding hydrogens is 279 g/mol. The summed E-state index contributed by atoms with van der Waals surface area (Å²) in [6.07, 6.45) is 2.73. The number of benzene rings is 1. The molecule has 1 fully saturated rings. The highest BCUT2D eigenvalue weighted by Gasteiger charge is 2.29. The molecule has 2 unspecified atom stereocenters. The molecule has 3 rings (SSSR count). The van der Waals surface area contributed by atoms with E-state index < -0.39 is 0 Å². The van der Waals surface area contributed by atoms with Crippen LogP contribution in [0, 0.1) is 11.8 Å². The molecule has 2 aromatic rings. The van der Waals surface area contributed by atoms with E-state index in [0.717, 1.165) is 34.3 Å². The minimum Gasteiger partial charge on any atom is -0.326 e. The molecule has 1 aromatic carbocycles. The lowest BCUT2D eigenvalue weighted by atomic mass is 10.1. The fraction of sp³-hybridized carbons (Fsp3) is 0.533. The third-order valence-corrected chi connectivity index (χ3v) is 4.42. The molecule has 0 saturated heterocycles. The van der Waals surface area contributed by atoms with Crippen molar-refractivity contribution in [2.45, 2.75) is 38.6 Å². The van der Waals surface area contributed by atoms with Crippen LogP contribution in [0.4, 0.5) is 0 Å². The Hall–Kier alpha value is -0.730. The molecule has 2 atom stereocenters. The van der Waals surface area contributed by atoms with Crippen LogP contribution < -0.4 is 0 Å². The summed E-state index contributed by atoms with van der Waals surface area (Å²) in [5, 5.41) is 0.638. The van der Waals surface area contributed by atoms with Crippen LogP contribution in [0.5, 0.6) is 0 Å². The normalized spacial score (nSPS) is 18.7. The second kappa shape index (κ2) is 4.99. The van der Waals surface area contributed by atoms with Gasteiger partial charge in [0.05, 0.1) is 16.4 Å². The first-order valence-electron chi connectivity index (χ1n) is 6.86. The molecule has 1 saturated carbocycles. The van der Waals surface area contributed by atoms with Crippen LogP contribution in [0.2, 0.25) is 5.02 Å². The predicted octanol–water partition coefficient (Wildman–Crippen LogP) is 5.04. The standard InChI is InChI=1S/C15H18Cl2N2/c1-9(11-3-4-11)8-19-14-6-5-12(17)7-13(14)18-15(19)10(2)16/h5-7,9-11H,3-4,8H2,1-2H3. The summed E-state index contributed by atoms with van der Waals surface area (Å²) in [5.74, 6) is 2.51. The zero-order chi connectivity index (χ0) is 13.6. The van der Waals surface area contributed by atoms with Crippen molar-refractivity contribution in [2.24, 2.45) is 11.8 Å². The third kappa shape index (κ3) is 2.61. The van der Waals surface area contributed by atoms with Crippen molar-refractivity contribution in [3.05, 3.63) is 29.0 Å². The lowest BCUT2D eigenvalue weighted by Crippen LogP contribution is -2.12. The van der Waals surface area contributed by atoms with Gasteiger partial charge in [0.25, 0.3) is 0 Å². The number of rotatable bonds is 4. The van der Waals surface area contributed by atoms with Gasteiger partial charge >= 0.3 is 0 Å². The van der Waals surface area contributed by atoms with Crippen LogP contribution in [0.15, 0.2) is 18.2 Å². The third-order valence-electron chi connectivity index (χ3n) is 3.99. The number of nitrogens with zero attached hydrogens (tertiary/aromatic N) is 2. The molecule has 0 aliphatic heterocycles. The van der Waals surface area contributed by atoms with Crippen molar-refractivity contribution in [1.82, 2.24) is 9.55 Å². The molecule has 1 aliphatic rings. The zero-order valence-corrected chi connectivity index (χ0v) is 12.7. The van der Waals surface area contributed by atoms with Crippen LogP contribution >= 0.6 is 23.2 Å². The molecule has 0 amide bonds. The Labute approximate surface area is 123 Å². The van der Waals surface area contributed by atoms with Gasteiger partial charge in [-0.25, -0.2) is 4.98 Å². The molecule has 19 heavy (non-hydrogen) atoms. The fourth-order valence-corrected chi connectivity index (χ4v) is 3.05. The van der Waals surface area contributed by atoms with Crippen LogP contribution in [0.1, 0.15) is 37.9 Å². The number of halogens is 2. The summed E-state index contributed by atoms with van der Waals surface area (Å²) in [6.45, 7) is 5.29. The summed E-state index contributed by atoms with van der Waals surface area (Å²) in [7, 11) is 0. The Kier molecular flexibility index (Phi) is 3.48. The van der Waals surface area contributed by atoms with Crippen LogP contribution in [0.25, 0.3) is 11.0 Å². The second-order valence-electron chi connectivity index (χ2n) is 5.64. The molecule has 0 N–H and O–H groups in total. The lowest BCUT2D eigenvalue weighted by molar-refractivity contribution is 0.428. The van der Waals surface area contributed by atoms with Gasteiger partial charge in [-0.15, -0.1) is 11.6 Å². The van der Waals surface area contributed by atoms with Gasteiger partial charge in [0.15, 0.2) is 0 Å². The quantitative estimate of drug-likeness (QED) is 0.723. The van der Waals surface area contributed by atoms with E-state index >= 15 is 0 Å². The van der Waals surface area contributed by atoms with E-state index in [1.807, 2.05) is 25.1 Å². The maximum Gasteiger partial charge on any atom is 0.127 e. The first-order valence-corrected chi connectivity index (χ1v) is 7.67. The summed E-state index contributed by atoms with van der Waals surface area (Å²) < 4.78 is 2.27. The van der Waals surface area contributed by atoms with Crippen molar-refractivity contribution < 1.29 is 0 Å². The van der Waals surface area contributed by atoms with Gasteiger partial charge in [0, 0.05) is 11.6 Å². The molecule has 102 valence electrons. The Balaban J connectivity index is 2.05. The number of hydrogen-bond donors (Lipinski definition) is 0. The monoisotopic (exact) mass is 296 g/mol. The Bertz CT molecular complexity index is 599. The Morgan fingerprint density at radius 2 is 2.11 bits per heavy atom. The van der Waals surface area contributed by atoms with Gasteiger partial charge in [0.1, 0.15) is 5.82 Å². The molecule has 4 heteroatoms. The molecular formula is C15H18Cl2N2. The average molecular weight is 297 g/mol. The summed E-state index contributed by atoms with van der Waals surface area (Å²) in [4.78, 5) is 4.65.